The summed E-state index contributed by atoms with van der Waals surface area (Å²) >= 11 is 13.0. The Bertz CT molecular complexity index is 868. The van der Waals surface area contributed by atoms with Gasteiger partial charge in [0.2, 0.25) is 0 Å². The lowest BCUT2D eigenvalue weighted by Crippen LogP contribution is -2.63. The number of hydrogen-bond donors (Lipinski definition) is 1. The summed E-state index contributed by atoms with van der Waals surface area (Å²) in [6.45, 7) is 2.08. The highest BCUT2D eigenvalue weighted by Crippen LogP contribution is 2.29. The molecule has 2 atom stereocenters. The van der Waals surface area contributed by atoms with E-state index >= 15 is 0 Å². The van der Waals surface area contributed by atoms with Crippen molar-refractivity contribution >= 4 is 57.9 Å². The molecule has 0 spiro atoms. The van der Waals surface area contributed by atoms with Gasteiger partial charge in [-0.25, -0.2) is 9.79 Å². The van der Waals surface area contributed by atoms with Gasteiger partial charge in [0.1, 0.15) is 0 Å². The van der Waals surface area contributed by atoms with Crippen molar-refractivity contribution in [1.82, 2.24) is 15.1 Å². The molecule has 0 saturated carbocycles. The van der Waals surface area contributed by atoms with Crippen molar-refractivity contribution < 1.29 is 14.4 Å². The standard InChI is InChI=1S/C18H18Cl2N4O3S/c1-10(19)7-8-24-14-15(23(2)17(27)22-16(14)26)21-18(24)28-9-13(25)11-3-5-12(20)6-4-11/h3-7,14-15H,8-9H2,1-2H3,(H,22,26,27)/b10-7-. The number of ketones is 1. The first-order chi connectivity index (χ1) is 13.3. The molecule has 1 N–H and O–H groups in total. The van der Waals surface area contributed by atoms with Crippen LogP contribution in [0.25, 0.3) is 0 Å². The molecule has 28 heavy (non-hydrogen) atoms. The lowest BCUT2D eigenvalue weighted by atomic mass is 10.1. The average Bonchev–Trinajstić information content (AvgIpc) is 3.02. The molecule has 3 rings (SSSR count). The summed E-state index contributed by atoms with van der Waals surface area (Å²) < 4.78 is 0. The van der Waals surface area contributed by atoms with Gasteiger partial charge in [-0.3, -0.25) is 14.9 Å². The summed E-state index contributed by atoms with van der Waals surface area (Å²) in [6.07, 6.45) is 1.11. The van der Waals surface area contributed by atoms with Crippen LogP contribution < -0.4 is 5.32 Å². The van der Waals surface area contributed by atoms with Gasteiger partial charge >= 0.3 is 6.03 Å². The van der Waals surface area contributed by atoms with Gasteiger partial charge in [0.15, 0.2) is 23.2 Å². The smallest absolute Gasteiger partial charge is 0.325 e. The Labute approximate surface area is 176 Å². The Balaban J connectivity index is 1.79. The summed E-state index contributed by atoms with van der Waals surface area (Å²) in [5, 5.41) is 3.97. The monoisotopic (exact) mass is 440 g/mol. The zero-order chi connectivity index (χ0) is 20.4. The quantitative estimate of drug-likeness (QED) is 0.711. The number of fused-ring (bicyclic) bond motifs is 1. The summed E-state index contributed by atoms with van der Waals surface area (Å²) in [4.78, 5) is 44.5. The Hall–Kier alpha value is -2.03. The normalized spacial score (nSPS) is 22.1. The highest BCUT2D eigenvalue weighted by molar-refractivity contribution is 8.14. The van der Waals surface area contributed by atoms with Gasteiger partial charge in [-0.2, -0.15) is 0 Å². The number of urea groups is 1. The maximum absolute atomic E-state index is 12.5. The van der Waals surface area contributed by atoms with Crippen LogP contribution in [0.5, 0.6) is 0 Å². The third kappa shape index (κ3) is 4.34. The average molecular weight is 441 g/mol. The second-order valence-electron chi connectivity index (χ2n) is 6.34. The molecule has 7 nitrogen and oxygen atoms in total. The number of thioether (sulfide) groups is 1. The van der Waals surface area contributed by atoms with Gasteiger partial charge in [-0.1, -0.05) is 41.0 Å². The van der Waals surface area contributed by atoms with Crippen LogP contribution in [0.1, 0.15) is 17.3 Å². The van der Waals surface area contributed by atoms with Crippen molar-refractivity contribution in [3.63, 3.8) is 0 Å². The molecule has 2 aliphatic heterocycles. The molecule has 0 aliphatic carbocycles. The summed E-state index contributed by atoms with van der Waals surface area (Å²) in [5.41, 5.74) is 0.543. The van der Waals surface area contributed by atoms with Crippen LogP contribution in [0.3, 0.4) is 0 Å². The number of rotatable bonds is 5. The van der Waals surface area contributed by atoms with Crippen molar-refractivity contribution in [2.75, 3.05) is 19.3 Å². The van der Waals surface area contributed by atoms with E-state index in [2.05, 4.69) is 10.3 Å². The van der Waals surface area contributed by atoms with E-state index in [0.717, 1.165) is 0 Å². The first-order valence-electron chi connectivity index (χ1n) is 8.44. The van der Waals surface area contributed by atoms with E-state index in [4.69, 9.17) is 23.2 Å². The Kier molecular flexibility index (Phi) is 6.32. The Morgan fingerprint density at radius 1 is 1.32 bits per heavy atom. The lowest BCUT2D eigenvalue weighted by molar-refractivity contribution is -0.126. The molecule has 0 bridgehead atoms. The number of nitrogens with zero attached hydrogens (tertiary/aromatic N) is 3. The minimum Gasteiger partial charge on any atom is -0.332 e. The predicted molar refractivity (Wildman–Crippen MR) is 111 cm³/mol. The van der Waals surface area contributed by atoms with E-state index in [9.17, 15) is 14.4 Å². The number of carbonyl (C=O) groups excluding carboxylic acids is 3. The van der Waals surface area contributed by atoms with E-state index in [1.165, 1.54) is 16.7 Å². The zero-order valence-corrected chi connectivity index (χ0v) is 17.5. The number of imide groups is 1. The number of aliphatic imine (C=N–C) groups is 1. The van der Waals surface area contributed by atoms with Crippen molar-refractivity contribution in [3.05, 3.63) is 46.0 Å². The summed E-state index contributed by atoms with van der Waals surface area (Å²) in [6, 6.07) is 5.49. The largest absolute Gasteiger partial charge is 0.332 e. The molecule has 0 aromatic heterocycles. The van der Waals surface area contributed by atoms with Crippen molar-refractivity contribution in [2.45, 2.75) is 19.1 Å². The fourth-order valence-electron chi connectivity index (χ4n) is 2.89. The van der Waals surface area contributed by atoms with Crippen LogP contribution in [0.15, 0.2) is 40.4 Å². The number of amides is 3. The SMILES string of the molecule is C/C(Cl)=C/CN1C(SCC(=O)c2ccc(Cl)cc2)=NC2C1C(=O)NC(=O)N2C. The Morgan fingerprint density at radius 2 is 2.00 bits per heavy atom. The second kappa shape index (κ2) is 8.55. The van der Waals surface area contributed by atoms with E-state index in [1.807, 2.05) is 0 Å². The maximum atomic E-state index is 12.5. The minimum atomic E-state index is -0.664. The van der Waals surface area contributed by atoms with E-state index in [1.54, 1.807) is 49.2 Å². The molecule has 2 heterocycles. The van der Waals surface area contributed by atoms with Crippen LogP contribution >= 0.6 is 35.0 Å². The summed E-state index contributed by atoms with van der Waals surface area (Å²) in [5.74, 6) is -0.367. The number of allylic oxidation sites excluding steroid dienone is 1. The third-order valence-corrected chi connectivity index (χ3v) is 5.80. The zero-order valence-electron chi connectivity index (χ0n) is 15.2. The highest BCUT2D eigenvalue weighted by Gasteiger charge is 2.48. The van der Waals surface area contributed by atoms with Crippen LogP contribution in [0, 0.1) is 0 Å². The molecule has 3 amide bonds. The number of halogens is 2. The van der Waals surface area contributed by atoms with E-state index in [0.29, 0.717) is 27.3 Å². The summed E-state index contributed by atoms with van der Waals surface area (Å²) in [7, 11) is 1.58. The van der Waals surface area contributed by atoms with Crippen molar-refractivity contribution in [3.8, 4) is 0 Å². The fraction of sp³-hybridized carbons (Fsp3) is 0.333. The van der Waals surface area contributed by atoms with Gasteiger partial charge in [-0.05, 0) is 31.2 Å². The first kappa shape index (κ1) is 20.7. The molecular weight excluding hydrogens is 423 g/mol. The number of amidine groups is 1. The molecular formula is C18H18Cl2N4O3S. The highest BCUT2D eigenvalue weighted by atomic mass is 35.5. The van der Waals surface area contributed by atoms with Gasteiger partial charge < -0.3 is 9.80 Å². The number of likely N-dealkylation sites (N-methyl/N-ethyl adjacent to an activating group) is 1. The lowest BCUT2D eigenvalue weighted by Gasteiger charge is -2.35. The van der Waals surface area contributed by atoms with Crippen LogP contribution in [0.4, 0.5) is 4.79 Å². The number of nitrogens with one attached hydrogen (secondary N) is 1. The van der Waals surface area contributed by atoms with E-state index in [-0.39, 0.29) is 11.5 Å². The molecule has 1 aromatic carbocycles. The Morgan fingerprint density at radius 3 is 2.64 bits per heavy atom. The van der Waals surface area contributed by atoms with Gasteiger partial charge in [0, 0.05) is 29.2 Å². The minimum absolute atomic E-state index is 0.0860. The molecule has 2 unspecified atom stereocenters. The molecule has 2 aliphatic rings. The molecule has 1 fully saturated rings. The number of benzene rings is 1. The van der Waals surface area contributed by atoms with Gasteiger partial charge in [-0.15, -0.1) is 0 Å². The molecule has 148 valence electrons. The van der Waals surface area contributed by atoms with Gasteiger partial charge in [0.25, 0.3) is 5.91 Å². The second-order valence-corrected chi connectivity index (χ2v) is 8.31. The van der Waals surface area contributed by atoms with E-state index < -0.39 is 24.1 Å². The van der Waals surface area contributed by atoms with Crippen molar-refractivity contribution in [1.29, 1.82) is 0 Å². The molecule has 0 radical (unpaired) electrons. The number of Topliss-reactive ketones (excluding diaryl/α,β-unsaturated/α-hetero) is 1. The number of carbonyl (C=O) groups is 3. The maximum Gasteiger partial charge on any atom is 0.325 e. The first-order valence-corrected chi connectivity index (χ1v) is 10.2. The molecule has 1 saturated heterocycles. The van der Waals surface area contributed by atoms with Crippen LogP contribution in [0.2, 0.25) is 5.02 Å². The third-order valence-electron chi connectivity index (χ3n) is 4.39. The fourth-order valence-corrected chi connectivity index (χ4v) is 4.04. The van der Waals surface area contributed by atoms with Crippen LogP contribution in [-0.2, 0) is 4.79 Å². The van der Waals surface area contributed by atoms with Gasteiger partial charge in [0.05, 0.1) is 5.75 Å². The topological polar surface area (TPSA) is 82.1 Å². The molecule has 1 aromatic rings. The van der Waals surface area contributed by atoms with Crippen LogP contribution in [-0.4, -0.2) is 64.2 Å². The predicted octanol–water partition coefficient (Wildman–Crippen LogP) is 2.95. The van der Waals surface area contributed by atoms with Crippen molar-refractivity contribution in [2.24, 2.45) is 4.99 Å². The number of hydrogen-bond acceptors (Lipinski definition) is 6. The molecule has 10 heteroatoms.